The fourth-order valence-corrected chi connectivity index (χ4v) is 8.88. The number of nitrogens with zero attached hydrogens (tertiary/aromatic N) is 7. The predicted molar refractivity (Wildman–Crippen MR) is 267 cm³/mol. The van der Waals surface area contributed by atoms with Gasteiger partial charge in [-0.05, 0) is 89.9 Å². The van der Waals surface area contributed by atoms with Gasteiger partial charge in [0.25, 0.3) is 5.91 Å². The van der Waals surface area contributed by atoms with Gasteiger partial charge < -0.3 is 40.2 Å². The second kappa shape index (κ2) is 24.1. The van der Waals surface area contributed by atoms with Crippen molar-refractivity contribution in [1.29, 1.82) is 0 Å². The van der Waals surface area contributed by atoms with Crippen molar-refractivity contribution < 1.29 is 73.6 Å². The third kappa shape index (κ3) is 14.2. The van der Waals surface area contributed by atoms with Gasteiger partial charge in [0.1, 0.15) is 23.7 Å². The Hall–Kier alpha value is -7.15. The number of hydrogen-bond donors (Lipinski definition) is 5. The van der Waals surface area contributed by atoms with Gasteiger partial charge in [0, 0.05) is 61.5 Å². The quantitative estimate of drug-likeness (QED) is 0.0478. The van der Waals surface area contributed by atoms with Gasteiger partial charge in [0.2, 0.25) is 11.9 Å². The van der Waals surface area contributed by atoms with Crippen molar-refractivity contribution in [1.82, 2.24) is 51.0 Å². The molecule has 7 rings (SSSR count). The van der Waals surface area contributed by atoms with E-state index in [1.54, 1.807) is 35.4 Å². The number of carbonyl (C=O) groups is 4. The van der Waals surface area contributed by atoms with Gasteiger partial charge in [0.15, 0.2) is 0 Å². The molecule has 2 aromatic carbocycles. The summed E-state index contributed by atoms with van der Waals surface area (Å²) in [6.45, 7) is 2.90. The average molecular weight is 1120 g/mol. The van der Waals surface area contributed by atoms with Crippen LogP contribution >= 0.6 is 0 Å². The Balaban J connectivity index is 1.19. The number of halogens is 8. The lowest BCUT2D eigenvalue weighted by Crippen LogP contribution is -2.63. The highest BCUT2D eigenvalue weighted by Gasteiger charge is 2.57. The molecule has 2 bridgehead atoms. The van der Waals surface area contributed by atoms with Crippen LogP contribution in [0.4, 0.5) is 50.7 Å². The summed E-state index contributed by atoms with van der Waals surface area (Å²) in [6, 6.07) is 3.37. The molecule has 19 nitrogen and oxygen atoms in total. The number of rotatable bonds is 18. The molecule has 4 aromatic rings. The number of alkyl halides is 6. The van der Waals surface area contributed by atoms with Crippen molar-refractivity contribution in [2.75, 3.05) is 59.0 Å². The molecule has 1 saturated carbocycles. The second-order valence-electron chi connectivity index (χ2n) is 20.8. The molecule has 4 heterocycles. The Morgan fingerprint density at radius 3 is 1.84 bits per heavy atom. The van der Waals surface area contributed by atoms with E-state index in [1.165, 1.54) is 18.2 Å². The number of nitrogens with one attached hydrogen (secondary N) is 4. The molecule has 27 heteroatoms. The number of methoxy groups -OCH3 is 2. The van der Waals surface area contributed by atoms with E-state index in [0.717, 1.165) is 39.2 Å². The van der Waals surface area contributed by atoms with E-state index < -0.39 is 108 Å². The van der Waals surface area contributed by atoms with Gasteiger partial charge in [-0.15, -0.1) is 0 Å². The fraction of sp³-hybridized carbons (Fsp3) is 0.519. The van der Waals surface area contributed by atoms with Gasteiger partial charge in [-0.25, -0.2) is 33.3 Å². The van der Waals surface area contributed by atoms with Crippen molar-refractivity contribution in [3.63, 3.8) is 0 Å². The van der Waals surface area contributed by atoms with Crippen LogP contribution in [0.15, 0.2) is 61.1 Å². The zero-order valence-corrected chi connectivity index (χ0v) is 44.1. The normalized spacial score (nSPS) is 18.6. The lowest BCUT2D eigenvalue weighted by atomic mass is 9.82. The fourth-order valence-electron chi connectivity index (χ4n) is 8.88. The molecule has 4 amide bonds. The van der Waals surface area contributed by atoms with E-state index in [-0.39, 0.29) is 29.4 Å². The number of aliphatic hydroxyl groups is 1. The lowest BCUT2D eigenvalue weighted by molar-refractivity contribution is -0.221. The Morgan fingerprint density at radius 1 is 0.785 bits per heavy atom. The zero-order valence-electron chi connectivity index (χ0n) is 44.1. The summed E-state index contributed by atoms with van der Waals surface area (Å²) in [7, 11) is 3.73. The Bertz CT molecular complexity index is 2850. The van der Waals surface area contributed by atoms with Gasteiger partial charge >= 0.3 is 24.5 Å². The maximum absolute atomic E-state index is 16.2. The molecule has 2 aromatic heterocycles. The molecule has 2 aliphatic heterocycles. The molecule has 428 valence electrons. The minimum absolute atomic E-state index is 0.00208. The minimum Gasteiger partial charge on any atom is -0.453 e. The molecule has 5 N–H and O–H groups in total. The number of morpholine rings is 1. The summed E-state index contributed by atoms with van der Waals surface area (Å²) in [4.78, 5) is 66.4. The van der Waals surface area contributed by atoms with Gasteiger partial charge in [-0.2, -0.15) is 31.4 Å². The number of aromatic nitrogens is 4. The number of aliphatic hydroxyl groups excluding tert-OH is 1. The molecule has 2 unspecified atom stereocenters. The molecule has 6 atom stereocenters. The largest absolute Gasteiger partial charge is 0.453 e. The number of piperazine rings is 1. The maximum Gasteiger partial charge on any atom is 0.407 e. The summed E-state index contributed by atoms with van der Waals surface area (Å²) >= 11 is 0. The monoisotopic (exact) mass is 1120 g/mol. The number of benzene rings is 2. The molecule has 0 radical (unpaired) electrons. The molecule has 0 spiro atoms. The highest BCUT2D eigenvalue weighted by Crippen LogP contribution is 2.42. The van der Waals surface area contributed by atoms with Crippen LogP contribution in [0.1, 0.15) is 68.8 Å². The first-order valence-corrected chi connectivity index (χ1v) is 25.0. The van der Waals surface area contributed by atoms with Crippen molar-refractivity contribution >= 4 is 29.9 Å². The van der Waals surface area contributed by atoms with E-state index in [0.29, 0.717) is 81.6 Å². The van der Waals surface area contributed by atoms with Gasteiger partial charge in [0.05, 0.1) is 79.8 Å². The molecule has 3 fully saturated rings. The third-order valence-electron chi connectivity index (χ3n) is 14.4. The second-order valence-corrected chi connectivity index (χ2v) is 20.8. The first-order valence-electron chi connectivity index (χ1n) is 25.0. The highest BCUT2D eigenvalue weighted by molar-refractivity contribution is 5.87. The van der Waals surface area contributed by atoms with Crippen molar-refractivity contribution in [3.05, 3.63) is 94.9 Å². The van der Waals surface area contributed by atoms with Crippen LogP contribution in [-0.2, 0) is 36.8 Å². The number of carbonyl (C=O) groups excluding carboxylic acids is 4. The summed E-state index contributed by atoms with van der Waals surface area (Å²) in [5.74, 6) is 0.926. The average Bonchev–Trinajstić information content (AvgIpc) is 4.19. The first-order chi connectivity index (χ1) is 37.1. The highest BCUT2D eigenvalue weighted by atomic mass is 19.4. The Kier molecular flexibility index (Phi) is 18.1. The standard InChI is InChI=1S/C52H61F8N11O8/c1-49(2,51(55,56)57)42(64-47(75)77-6)44(73)63-40(18-30-11-8-29(9-12-30)10-13-31-21-61-46(62-22-31)69-23-34-27-79-28-35(24-69)68(34)5)41(72)26-70(67-45(74)43(65-48(76)78-7)50(3,4)52(58,59)60)25-36-37(53)19-32(20-38(36)54)39-16-17-71(66-39)33-14-15-33/h8-9,11-12,16-17,19-22,33-35,40-43,72H,14-15,18,23-28H2,1-7H3,(H,63,73)(H,64,75)(H,65,76)(H,67,74)/t34?,35?,40-,41-,42+,43+/m0/s1. The molecule has 2 saturated heterocycles. The number of anilines is 1. The number of hydrogen-bond acceptors (Lipinski definition) is 14. The summed E-state index contributed by atoms with van der Waals surface area (Å²) in [5.41, 5.74) is -3.29. The SMILES string of the molecule is COC(=O)N[C@H](C(=O)N[C@@H](Cc1ccc(C#Cc2cnc(N3CC4COCC(C3)N4C)nc2)cc1)[C@@H](O)CN(Cc1c(F)cc(-c2ccn(C3CC3)n2)cc1F)NC(=O)[C@@H](NC(=O)OC)C(C)(C)C(F)(F)F)C(C)(C)C(F)(F)F. The summed E-state index contributed by atoms with van der Waals surface area (Å²) in [5, 5.41) is 23.1. The van der Waals surface area contributed by atoms with Crippen molar-refractivity contribution in [2.45, 2.75) is 108 Å². The molecular formula is C52H61F8N11O8. The van der Waals surface area contributed by atoms with E-state index in [9.17, 15) is 50.6 Å². The maximum atomic E-state index is 16.2. The molecular weight excluding hydrogens is 1060 g/mol. The summed E-state index contributed by atoms with van der Waals surface area (Å²) in [6.07, 6.45) is -9.25. The van der Waals surface area contributed by atoms with Crippen molar-refractivity contribution in [2.24, 2.45) is 10.8 Å². The van der Waals surface area contributed by atoms with E-state index in [4.69, 9.17) is 4.74 Å². The van der Waals surface area contributed by atoms with Crippen LogP contribution < -0.4 is 26.3 Å². The van der Waals surface area contributed by atoms with E-state index in [2.05, 4.69) is 64.0 Å². The van der Waals surface area contributed by atoms with E-state index >= 15 is 8.78 Å². The van der Waals surface area contributed by atoms with Crippen LogP contribution in [0.5, 0.6) is 0 Å². The van der Waals surface area contributed by atoms with Gasteiger partial charge in [-0.1, -0.05) is 24.0 Å². The number of ether oxygens (including phenoxy) is 3. The van der Waals surface area contributed by atoms with Crippen LogP contribution in [-0.4, -0.2) is 162 Å². The topological polar surface area (TPSA) is 218 Å². The number of fused-ring (bicyclic) bond motifs is 2. The smallest absolute Gasteiger partial charge is 0.407 e. The predicted octanol–water partition coefficient (Wildman–Crippen LogP) is 5.42. The zero-order chi connectivity index (χ0) is 57.8. The number of amides is 4. The van der Waals surface area contributed by atoms with E-state index in [1.807, 2.05) is 10.6 Å². The Morgan fingerprint density at radius 2 is 1.32 bits per heavy atom. The Labute approximate surface area is 449 Å². The molecule has 79 heavy (non-hydrogen) atoms. The number of hydrazine groups is 1. The van der Waals surface area contributed by atoms with Crippen LogP contribution in [0.25, 0.3) is 11.3 Å². The minimum atomic E-state index is -5.18. The summed E-state index contributed by atoms with van der Waals surface area (Å²) < 4.78 is 136. The van der Waals surface area contributed by atoms with Crippen molar-refractivity contribution in [3.8, 4) is 23.1 Å². The van der Waals surface area contributed by atoms with Crippen LogP contribution in [0, 0.1) is 34.3 Å². The number of alkyl carbamates (subject to hydrolysis) is 2. The van der Waals surface area contributed by atoms with Crippen LogP contribution in [0.3, 0.4) is 0 Å². The first kappa shape index (κ1) is 59.5. The van der Waals surface area contributed by atoms with Gasteiger partial charge in [-0.3, -0.25) is 24.6 Å². The molecule has 1 aliphatic carbocycles. The number of likely N-dealkylation sites (N-methyl/N-ethyl adjacent to an activating group) is 1. The lowest BCUT2D eigenvalue weighted by Gasteiger charge is -2.47. The third-order valence-corrected chi connectivity index (χ3v) is 14.4. The van der Waals surface area contributed by atoms with Crippen LogP contribution in [0.2, 0.25) is 0 Å². The molecule has 3 aliphatic rings.